The molecule has 0 atom stereocenters. The van der Waals surface area contributed by atoms with Crippen molar-refractivity contribution < 1.29 is 23.1 Å². The molecule has 0 aromatic heterocycles. The second-order valence-electron chi connectivity index (χ2n) is 8.68. The van der Waals surface area contributed by atoms with Gasteiger partial charge in [0.15, 0.2) is 12.4 Å². The van der Waals surface area contributed by atoms with Crippen molar-refractivity contribution in [1.29, 1.82) is 0 Å². The lowest BCUT2D eigenvalue weighted by Crippen LogP contribution is -2.42. The van der Waals surface area contributed by atoms with Crippen LogP contribution in [0.2, 0.25) is 0 Å². The molecule has 1 aliphatic rings. The van der Waals surface area contributed by atoms with Gasteiger partial charge in [-0.1, -0.05) is 39.0 Å². The van der Waals surface area contributed by atoms with E-state index < -0.39 is 23.3 Å². The van der Waals surface area contributed by atoms with Crippen molar-refractivity contribution in [3.05, 3.63) is 65.2 Å². The summed E-state index contributed by atoms with van der Waals surface area (Å²) in [6, 6.07) is 10.6. The molecular weight excluding hydrogens is 388 g/mol. The van der Waals surface area contributed by atoms with Gasteiger partial charge < -0.3 is 9.64 Å². The van der Waals surface area contributed by atoms with E-state index in [9.17, 15) is 18.4 Å². The third-order valence-corrected chi connectivity index (χ3v) is 5.46. The number of benzene rings is 2. The molecule has 2 aromatic carbocycles. The van der Waals surface area contributed by atoms with Gasteiger partial charge in [0.05, 0.1) is 5.56 Å². The molecule has 0 unspecified atom stereocenters. The average molecular weight is 415 g/mol. The number of Topliss-reactive ketones (excluding diaryl/α,β-unsaturated/α-hetero) is 1. The Bertz CT molecular complexity index is 928. The maximum absolute atomic E-state index is 13.9. The molecule has 0 spiro atoms. The molecule has 160 valence electrons. The van der Waals surface area contributed by atoms with Gasteiger partial charge in [0, 0.05) is 19.0 Å². The maximum Gasteiger partial charge on any atom is 0.260 e. The number of amides is 1. The Labute approximate surface area is 175 Å². The first-order valence-corrected chi connectivity index (χ1v) is 10.2. The molecule has 3 rings (SSSR count). The van der Waals surface area contributed by atoms with Gasteiger partial charge in [0.25, 0.3) is 5.91 Å². The topological polar surface area (TPSA) is 46.6 Å². The third-order valence-electron chi connectivity index (χ3n) is 5.46. The minimum Gasteiger partial charge on any atom is -0.483 e. The number of hydrogen-bond donors (Lipinski definition) is 0. The summed E-state index contributed by atoms with van der Waals surface area (Å²) < 4.78 is 33.1. The number of nitrogens with zero attached hydrogens (tertiary/aromatic N) is 1. The van der Waals surface area contributed by atoms with Crippen LogP contribution in [0.15, 0.2) is 42.5 Å². The molecule has 1 aliphatic heterocycles. The Morgan fingerprint density at radius 3 is 2.40 bits per heavy atom. The van der Waals surface area contributed by atoms with Gasteiger partial charge in [-0.15, -0.1) is 0 Å². The summed E-state index contributed by atoms with van der Waals surface area (Å²) in [5.74, 6) is -1.65. The van der Waals surface area contributed by atoms with Gasteiger partial charge in [-0.25, -0.2) is 8.78 Å². The van der Waals surface area contributed by atoms with Crippen molar-refractivity contribution in [1.82, 2.24) is 4.90 Å². The monoisotopic (exact) mass is 415 g/mol. The zero-order valence-corrected chi connectivity index (χ0v) is 17.6. The Kier molecular flexibility index (Phi) is 6.54. The van der Waals surface area contributed by atoms with Crippen LogP contribution in [0.3, 0.4) is 0 Å². The van der Waals surface area contributed by atoms with Gasteiger partial charge in [0.1, 0.15) is 17.4 Å². The summed E-state index contributed by atoms with van der Waals surface area (Å²) in [5.41, 5.74) is 0.700. The highest BCUT2D eigenvalue weighted by Gasteiger charge is 2.30. The van der Waals surface area contributed by atoms with Crippen molar-refractivity contribution in [3.63, 3.8) is 0 Å². The van der Waals surface area contributed by atoms with E-state index in [-0.39, 0.29) is 23.5 Å². The largest absolute Gasteiger partial charge is 0.483 e. The van der Waals surface area contributed by atoms with Crippen LogP contribution in [0.5, 0.6) is 5.75 Å². The number of piperidine rings is 1. The summed E-state index contributed by atoms with van der Waals surface area (Å²) in [6.07, 6.45) is 0.832. The van der Waals surface area contributed by atoms with Crippen molar-refractivity contribution >= 4 is 11.7 Å². The summed E-state index contributed by atoms with van der Waals surface area (Å²) >= 11 is 0. The molecule has 0 saturated carbocycles. The van der Waals surface area contributed by atoms with Crippen LogP contribution in [0.1, 0.15) is 49.5 Å². The average Bonchev–Trinajstić information content (AvgIpc) is 2.73. The summed E-state index contributed by atoms with van der Waals surface area (Å²) in [7, 11) is 0. The van der Waals surface area contributed by atoms with E-state index >= 15 is 0 Å². The molecule has 0 N–H and O–H groups in total. The Balaban J connectivity index is 1.56. The maximum atomic E-state index is 13.9. The van der Waals surface area contributed by atoms with Crippen molar-refractivity contribution in [2.24, 2.45) is 5.92 Å². The number of ketones is 1. The Morgan fingerprint density at radius 2 is 1.73 bits per heavy atom. The molecule has 0 bridgehead atoms. The molecule has 6 heteroatoms. The highest BCUT2D eigenvalue weighted by atomic mass is 19.1. The van der Waals surface area contributed by atoms with Gasteiger partial charge >= 0.3 is 0 Å². The molecule has 30 heavy (non-hydrogen) atoms. The SMILES string of the molecule is CC(C)(C)c1ccccc1OCC(=O)N1CCC(C(=O)c2cc(F)ccc2F)CC1. The number of ether oxygens (including phenoxy) is 1. The van der Waals surface area contributed by atoms with Crippen molar-refractivity contribution in [2.75, 3.05) is 19.7 Å². The van der Waals surface area contributed by atoms with Crippen LogP contribution >= 0.6 is 0 Å². The first-order chi connectivity index (χ1) is 14.2. The van der Waals surface area contributed by atoms with E-state index in [0.29, 0.717) is 31.7 Å². The van der Waals surface area contributed by atoms with Crippen molar-refractivity contribution in [3.8, 4) is 5.75 Å². The number of para-hydroxylation sites is 1. The van der Waals surface area contributed by atoms with Gasteiger partial charge in [-0.3, -0.25) is 9.59 Å². The molecule has 1 heterocycles. The highest BCUT2D eigenvalue weighted by Crippen LogP contribution is 2.31. The van der Waals surface area contributed by atoms with Crippen LogP contribution in [0, 0.1) is 17.6 Å². The number of carbonyl (C=O) groups is 2. The van der Waals surface area contributed by atoms with Crippen LogP contribution in [-0.2, 0) is 10.2 Å². The number of likely N-dealkylation sites (tertiary alicyclic amines) is 1. The molecule has 1 saturated heterocycles. The third kappa shape index (κ3) is 5.04. The minimum atomic E-state index is -0.717. The standard InChI is InChI=1S/C24H27F2NO3/c1-24(2,3)19-6-4-5-7-21(19)30-15-22(28)27-12-10-16(11-13-27)23(29)18-14-17(25)8-9-20(18)26/h4-9,14,16H,10-13,15H2,1-3H3. The smallest absolute Gasteiger partial charge is 0.260 e. The van der Waals surface area contributed by atoms with Crippen LogP contribution in [-0.4, -0.2) is 36.3 Å². The number of hydrogen-bond acceptors (Lipinski definition) is 3. The summed E-state index contributed by atoms with van der Waals surface area (Å²) in [4.78, 5) is 26.8. The highest BCUT2D eigenvalue weighted by molar-refractivity contribution is 5.98. The first-order valence-electron chi connectivity index (χ1n) is 10.2. The lowest BCUT2D eigenvalue weighted by atomic mass is 9.86. The van der Waals surface area contributed by atoms with Gasteiger partial charge in [-0.2, -0.15) is 0 Å². The van der Waals surface area contributed by atoms with Gasteiger partial charge in [-0.05, 0) is 48.1 Å². The van der Waals surface area contributed by atoms with Crippen molar-refractivity contribution in [2.45, 2.75) is 39.0 Å². The predicted octanol–water partition coefficient (Wildman–Crippen LogP) is 4.76. The van der Waals surface area contributed by atoms with E-state index in [1.807, 2.05) is 24.3 Å². The van der Waals surface area contributed by atoms with E-state index in [0.717, 1.165) is 23.8 Å². The fraction of sp³-hybridized carbons (Fsp3) is 0.417. The minimum absolute atomic E-state index is 0.0791. The van der Waals surface area contributed by atoms with Crippen LogP contribution < -0.4 is 4.74 Å². The first kappa shape index (κ1) is 21.9. The number of rotatable bonds is 5. The zero-order chi connectivity index (χ0) is 21.9. The molecule has 0 radical (unpaired) electrons. The fourth-order valence-corrected chi connectivity index (χ4v) is 3.74. The second-order valence-corrected chi connectivity index (χ2v) is 8.68. The second kappa shape index (κ2) is 8.94. The molecule has 2 aromatic rings. The fourth-order valence-electron chi connectivity index (χ4n) is 3.74. The number of halogens is 2. The van der Waals surface area contributed by atoms with E-state index in [4.69, 9.17) is 4.74 Å². The predicted molar refractivity (Wildman–Crippen MR) is 111 cm³/mol. The molecule has 0 aliphatic carbocycles. The Hall–Kier alpha value is -2.76. The lowest BCUT2D eigenvalue weighted by Gasteiger charge is -2.31. The molecular formula is C24H27F2NO3. The molecule has 1 fully saturated rings. The molecule has 4 nitrogen and oxygen atoms in total. The van der Waals surface area contributed by atoms with Gasteiger partial charge in [0.2, 0.25) is 0 Å². The van der Waals surface area contributed by atoms with Crippen LogP contribution in [0.4, 0.5) is 8.78 Å². The number of carbonyl (C=O) groups excluding carboxylic acids is 2. The normalized spacial score (nSPS) is 15.2. The lowest BCUT2D eigenvalue weighted by molar-refractivity contribution is -0.134. The Morgan fingerprint density at radius 1 is 1.07 bits per heavy atom. The van der Waals surface area contributed by atoms with E-state index in [2.05, 4.69) is 20.8 Å². The van der Waals surface area contributed by atoms with E-state index in [1.54, 1.807) is 4.90 Å². The molecule has 1 amide bonds. The van der Waals surface area contributed by atoms with E-state index in [1.165, 1.54) is 0 Å². The summed E-state index contributed by atoms with van der Waals surface area (Å²) in [5, 5.41) is 0. The van der Waals surface area contributed by atoms with Crippen LogP contribution in [0.25, 0.3) is 0 Å². The zero-order valence-electron chi connectivity index (χ0n) is 17.6. The summed E-state index contributed by atoms with van der Waals surface area (Å²) in [6.45, 7) is 6.94. The quantitative estimate of drug-likeness (QED) is 0.662.